The summed E-state index contributed by atoms with van der Waals surface area (Å²) in [6.07, 6.45) is 4.05. The van der Waals surface area contributed by atoms with Crippen molar-refractivity contribution in [2.75, 3.05) is 33.3 Å². The Bertz CT molecular complexity index is 1260. The molecule has 0 unspecified atom stereocenters. The van der Waals surface area contributed by atoms with Gasteiger partial charge in [-0.05, 0) is 48.9 Å². The highest BCUT2D eigenvalue weighted by atomic mass is 16.5. The van der Waals surface area contributed by atoms with Gasteiger partial charge < -0.3 is 19.1 Å². The topological polar surface area (TPSA) is 84.7 Å². The molecule has 5 rings (SSSR count). The molecule has 3 aromatic rings. The van der Waals surface area contributed by atoms with E-state index in [1.54, 1.807) is 12.1 Å². The van der Waals surface area contributed by atoms with Crippen LogP contribution >= 0.6 is 0 Å². The van der Waals surface area contributed by atoms with Gasteiger partial charge in [0.1, 0.15) is 11.4 Å². The molecule has 0 radical (unpaired) electrons. The number of nitrogens with zero attached hydrogens (tertiary/aromatic N) is 4. The van der Waals surface area contributed by atoms with Crippen LogP contribution in [-0.2, 0) is 11.8 Å². The molecule has 2 saturated heterocycles. The number of benzene rings is 1. The molecule has 2 aliphatic rings. The third kappa shape index (κ3) is 3.83. The van der Waals surface area contributed by atoms with E-state index in [9.17, 15) is 14.4 Å². The summed E-state index contributed by atoms with van der Waals surface area (Å²) in [7, 11) is 3.25. The van der Waals surface area contributed by atoms with Gasteiger partial charge in [-0.3, -0.25) is 14.6 Å². The van der Waals surface area contributed by atoms with Crippen molar-refractivity contribution in [3.63, 3.8) is 0 Å². The maximum atomic E-state index is 13.2. The Labute approximate surface area is 198 Å². The van der Waals surface area contributed by atoms with E-state index in [0.29, 0.717) is 43.1 Å². The number of hydrogen-bond donors (Lipinski definition) is 0. The van der Waals surface area contributed by atoms with Crippen LogP contribution in [0, 0.1) is 5.41 Å². The average Bonchev–Trinajstić information content (AvgIpc) is 3.44. The van der Waals surface area contributed by atoms with Crippen molar-refractivity contribution < 1.29 is 19.1 Å². The lowest BCUT2D eigenvalue weighted by molar-refractivity contribution is 0.0557. The second-order valence-corrected chi connectivity index (χ2v) is 9.34. The Morgan fingerprint density at radius 1 is 0.941 bits per heavy atom. The van der Waals surface area contributed by atoms with Crippen LogP contribution in [0.1, 0.15) is 50.6 Å². The van der Waals surface area contributed by atoms with E-state index in [4.69, 9.17) is 0 Å². The van der Waals surface area contributed by atoms with E-state index in [1.165, 1.54) is 13.3 Å². The first kappa shape index (κ1) is 22.1. The van der Waals surface area contributed by atoms with E-state index in [2.05, 4.69) is 9.72 Å². The maximum absolute atomic E-state index is 13.2. The predicted octanol–water partition coefficient (Wildman–Crippen LogP) is 3.13. The van der Waals surface area contributed by atoms with E-state index in [1.807, 2.05) is 51.7 Å². The van der Waals surface area contributed by atoms with Crippen molar-refractivity contribution >= 4 is 28.7 Å². The number of piperidine rings is 1. The molecular weight excluding hydrogens is 432 g/mol. The van der Waals surface area contributed by atoms with Crippen LogP contribution in [0.5, 0.6) is 0 Å². The lowest BCUT2D eigenvalue weighted by Crippen LogP contribution is -2.45. The van der Waals surface area contributed by atoms with E-state index < -0.39 is 5.97 Å². The molecule has 0 N–H and O–H groups in total. The Hall–Kier alpha value is -3.68. The van der Waals surface area contributed by atoms with Crippen LogP contribution in [0.15, 0.2) is 48.7 Å². The molecule has 2 aromatic heterocycles. The first-order valence-electron chi connectivity index (χ1n) is 11.6. The molecule has 2 amide bonds. The number of likely N-dealkylation sites (tertiary alicyclic amines) is 2. The number of rotatable bonds is 3. The lowest BCUT2D eigenvalue weighted by Gasteiger charge is -2.39. The summed E-state index contributed by atoms with van der Waals surface area (Å²) in [6, 6.07) is 13.1. The van der Waals surface area contributed by atoms with Crippen LogP contribution in [0.25, 0.3) is 10.9 Å². The summed E-state index contributed by atoms with van der Waals surface area (Å²) in [5, 5.41) is 1.07. The smallest absolute Gasteiger partial charge is 0.339 e. The quantitative estimate of drug-likeness (QED) is 0.561. The van der Waals surface area contributed by atoms with Crippen molar-refractivity contribution in [2.45, 2.75) is 19.3 Å². The molecule has 34 heavy (non-hydrogen) atoms. The minimum atomic E-state index is -0.476. The SMILES string of the molecule is COC(=O)c1ccc(C(=O)N2CCC3(CCN(C(=O)c4cc5ccccc5n4C)CC3)C2)nc1. The lowest BCUT2D eigenvalue weighted by atomic mass is 9.77. The van der Waals surface area contributed by atoms with Gasteiger partial charge in [0.05, 0.1) is 12.7 Å². The minimum absolute atomic E-state index is 0.0390. The van der Waals surface area contributed by atoms with Crippen LogP contribution in [0.2, 0.25) is 0 Å². The van der Waals surface area contributed by atoms with Crippen molar-refractivity contribution in [1.82, 2.24) is 19.4 Å². The zero-order valence-corrected chi connectivity index (χ0v) is 19.5. The third-order valence-electron chi connectivity index (χ3n) is 7.41. The van der Waals surface area contributed by atoms with Gasteiger partial charge in [-0.1, -0.05) is 18.2 Å². The van der Waals surface area contributed by atoms with Gasteiger partial charge in [-0.2, -0.15) is 0 Å². The van der Waals surface area contributed by atoms with Gasteiger partial charge in [-0.15, -0.1) is 0 Å². The van der Waals surface area contributed by atoms with Crippen molar-refractivity contribution in [2.24, 2.45) is 12.5 Å². The number of amides is 2. The fraction of sp³-hybridized carbons (Fsp3) is 0.385. The number of esters is 1. The van der Waals surface area contributed by atoms with Gasteiger partial charge in [-0.25, -0.2) is 4.79 Å². The molecule has 0 atom stereocenters. The maximum Gasteiger partial charge on any atom is 0.339 e. The molecule has 1 aromatic carbocycles. The second kappa shape index (κ2) is 8.59. The zero-order chi connectivity index (χ0) is 23.9. The zero-order valence-electron chi connectivity index (χ0n) is 19.5. The number of pyridine rings is 1. The number of fused-ring (bicyclic) bond motifs is 1. The molecule has 0 bridgehead atoms. The fourth-order valence-corrected chi connectivity index (χ4v) is 5.28. The number of ether oxygens (including phenoxy) is 1. The highest BCUT2D eigenvalue weighted by Gasteiger charge is 2.43. The highest BCUT2D eigenvalue weighted by Crippen LogP contribution is 2.41. The second-order valence-electron chi connectivity index (χ2n) is 9.34. The standard InChI is InChI=1S/C26H28N4O4/c1-28-21-6-4-3-5-18(21)15-22(28)24(32)29-12-9-26(10-13-29)11-14-30(17-26)23(31)20-8-7-19(16-27-20)25(33)34-2/h3-8,15-16H,9-14,17H2,1-2H3. The van der Waals surface area contributed by atoms with Crippen LogP contribution in [0.3, 0.4) is 0 Å². The first-order chi connectivity index (χ1) is 16.4. The van der Waals surface area contributed by atoms with Crippen LogP contribution in [0.4, 0.5) is 0 Å². The van der Waals surface area contributed by atoms with Crippen molar-refractivity contribution in [3.05, 3.63) is 65.6 Å². The fourth-order valence-electron chi connectivity index (χ4n) is 5.28. The summed E-state index contributed by atoms with van der Waals surface area (Å²) >= 11 is 0. The number of aromatic nitrogens is 2. The Morgan fingerprint density at radius 2 is 1.65 bits per heavy atom. The summed E-state index contributed by atoms with van der Waals surface area (Å²) in [5.41, 5.74) is 2.45. The number of methoxy groups -OCH3 is 1. The normalized spacial score (nSPS) is 17.4. The molecule has 0 aliphatic carbocycles. The molecule has 8 nitrogen and oxygen atoms in total. The largest absolute Gasteiger partial charge is 0.465 e. The van der Waals surface area contributed by atoms with Gasteiger partial charge in [0.25, 0.3) is 11.8 Å². The molecule has 2 aliphatic heterocycles. The van der Waals surface area contributed by atoms with E-state index in [-0.39, 0.29) is 17.2 Å². The van der Waals surface area contributed by atoms with Gasteiger partial charge in [0.15, 0.2) is 0 Å². The number of hydrogen-bond acceptors (Lipinski definition) is 5. The molecule has 2 fully saturated rings. The monoisotopic (exact) mass is 460 g/mol. The third-order valence-corrected chi connectivity index (χ3v) is 7.41. The van der Waals surface area contributed by atoms with Crippen molar-refractivity contribution in [3.8, 4) is 0 Å². The highest BCUT2D eigenvalue weighted by molar-refractivity contribution is 5.99. The summed E-state index contributed by atoms with van der Waals surface area (Å²) in [5.74, 6) is -0.534. The van der Waals surface area contributed by atoms with Gasteiger partial charge >= 0.3 is 5.97 Å². The summed E-state index contributed by atoms with van der Waals surface area (Å²) in [6.45, 7) is 2.72. The molecular formula is C26H28N4O4. The summed E-state index contributed by atoms with van der Waals surface area (Å²) in [4.78, 5) is 45.8. The van der Waals surface area contributed by atoms with Gasteiger partial charge in [0.2, 0.25) is 0 Å². The van der Waals surface area contributed by atoms with E-state index in [0.717, 1.165) is 30.2 Å². The Kier molecular flexibility index (Phi) is 5.59. The van der Waals surface area contributed by atoms with Crippen LogP contribution in [-0.4, -0.2) is 70.4 Å². The Morgan fingerprint density at radius 3 is 2.29 bits per heavy atom. The first-order valence-corrected chi connectivity index (χ1v) is 11.6. The molecule has 8 heteroatoms. The molecule has 176 valence electrons. The summed E-state index contributed by atoms with van der Waals surface area (Å²) < 4.78 is 6.65. The number of carbonyl (C=O) groups is 3. The molecule has 1 spiro atoms. The predicted molar refractivity (Wildman–Crippen MR) is 127 cm³/mol. The Balaban J connectivity index is 1.22. The average molecular weight is 461 g/mol. The number of carbonyl (C=O) groups excluding carboxylic acids is 3. The van der Waals surface area contributed by atoms with E-state index >= 15 is 0 Å². The van der Waals surface area contributed by atoms with Crippen LogP contribution < -0.4 is 0 Å². The van der Waals surface area contributed by atoms with Crippen molar-refractivity contribution in [1.29, 1.82) is 0 Å². The number of aryl methyl sites for hydroxylation is 1. The number of para-hydroxylation sites is 1. The minimum Gasteiger partial charge on any atom is -0.465 e. The molecule has 0 saturated carbocycles. The van der Waals surface area contributed by atoms with Gasteiger partial charge in [0, 0.05) is 50.3 Å². The molecule has 4 heterocycles.